The molecule has 0 bridgehead atoms. The highest BCUT2D eigenvalue weighted by Gasteiger charge is 2.36. The smallest absolute Gasteiger partial charge is 0.331 e. The van der Waals surface area contributed by atoms with E-state index in [9.17, 15) is 9.59 Å². The Balaban J connectivity index is 2.08. The highest BCUT2D eigenvalue weighted by Crippen LogP contribution is 2.36. The average molecular weight is 439 g/mol. The highest BCUT2D eigenvalue weighted by molar-refractivity contribution is 7.18. The number of hydrogen-bond donors (Lipinski definition) is 0. The summed E-state index contributed by atoms with van der Waals surface area (Å²) < 4.78 is 6.80. The fraction of sp³-hybridized carbons (Fsp3) is 0.261. The molecule has 0 atom stereocenters. The molecule has 30 heavy (non-hydrogen) atoms. The second kappa shape index (κ2) is 7.81. The molecule has 0 amide bonds. The van der Waals surface area contributed by atoms with E-state index in [2.05, 4.69) is 0 Å². The lowest BCUT2D eigenvalue weighted by Crippen LogP contribution is -2.45. The summed E-state index contributed by atoms with van der Waals surface area (Å²) in [5.41, 5.74) is 1.23. The molecule has 3 heterocycles. The first kappa shape index (κ1) is 20.5. The minimum absolute atomic E-state index is 0.237. The van der Waals surface area contributed by atoms with Crippen molar-refractivity contribution in [3.05, 3.63) is 63.1 Å². The number of carbonyl (C=O) groups is 1. The molecule has 7 heteroatoms. The lowest BCUT2D eigenvalue weighted by Gasteiger charge is -2.27. The van der Waals surface area contributed by atoms with Crippen LogP contribution in [0, 0.1) is 6.92 Å². The van der Waals surface area contributed by atoms with Crippen LogP contribution >= 0.6 is 22.7 Å². The van der Waals surface area contributed by atoms with E-state index in [4.69, 9.17) is 9.72 Å². The molecule has 1 aromatic carbocycles. The maximum atomic E-state index is 13.9. The molecule has 154 valence electrons. The van der Waals surface area contributed by atoms with Crippen LogP contribution in [0.2, 0.25) is 0 Å². The number of rotatable bonds is 5. The minimum atomic E-state index is -1.22. The van der Waals surface area contributed by atoms with Gasteiger partial charge in [0.1, 0.15) is 16.2 Å². The normalized spacial score (nSPS) is 11.7. The number of carbonyl (C=O) groups excluding carboxylic acids is 1. The summed E-state index contributed by atoms with van der Waals surface area (Å²) in [4.78, 5) is 33.2. The van der Waals surface area contributed by atoms with Gasteiger partial charge in [0.15, 0.2) is 0 Å². The van der Waals surface area contributed by atoms with Gasteiger partial charge in [-0.1, -0.05) is 29.8 Å². The minimum Gasteiger partial charge on any atom is -0.464 e. The maximum absolute atomic E-state index is 13.9. The van der Waals surface area contributed by atoms with Crippen molar-refractivity contribution in [2.24, 2.45) is 0 Å². The Labute approximate surface area is 182 Å². The second-order valence-electron chi connectivity index (χ2n) is 7.53. The number of esters is 1. The van der Waals surface area contributed by atoms with Gasteiger partial charge in [0.25, 0.3) is 5.56 Å². The topological polar surface area (TPSA) is 61.2 Å². The number of aryl methyl sites for hydroxylation is 1. The fourth-order valence-electron chi connectivity index (χ4n) is 3.50. The molecule has 0 aliphatic carbocycles. The monoisotopic (exact) mass is 438 g/mol. The van der Waals surface area contributed by atoms with E-state index in [1.54, 1.807) is 32.1 Å². The summed E-state index contributed by atoms with van der Waals surface area (Å²) in [5.74, 6) is 0.00360. The molecule has 4 rings (SSSR count). The van der Waals surface area contributed by atoms with Crippen molar-refractivity contribution in [3.8, 4) is 21.8 Å². The third-order valence-electron chi connectivity index (χ3n) is 5.00. The predicted octanol–water partition coefficient (Wildman–Crippen LogP) is 5.46. The number of ether oxygens (including phenoxy) is 1. The van der Waals surface area contributed by atoms with Crippen LogP contribution < -0.4 is 5.56 Å². The van der Waals surface area contributed by atoms with E-state index in [1.807, 2.05) is 54.1 Å². The summed E-state index contributed by atoms with van der Waals surface area (Å²) in [7, 11) is 0. The Bertz CT molecular complexity index is 1280. The van der Waals surface area contributed by atoms with Crippen LogP contribution in [-0.4, -0.2) is 22.1 Å². The molecule has 0 aliphatic heterocycles. The first-order chi connectivity index (χ1) is 14.3. The van der Waals surface area contributed by atoms with Gasteiger partial charge in [-0.25, -0.2) is 9.78 Å². The number of thiophene rings is 2. The zero-order valence-electron chi connectivity index (χ0n) is 17.3. The quantitative estimate of drug-likeness (QED) is 0.388. The first-order valence-electron chi connectivity index (χ1n) is 9.67. The van der Waals surface area contributed by atoms with Crippen LogP contribution in [0.1, 0.15) is 26.3 Å². The van der Waals surface area contributed by atoms with Crippen molar-refractivity contribution < 1.29 is 9.53 Å². The third-order valence-corrected chi connectivity index (χ3v) is 6.78. The molecule has 4 aromatic rings. The number of fused-ring (bicyclic) bond motifs is 1. The molecule has 0 unspecified atom stereocenters. The van der Waals surface area contributed by atoms with Crippen molar-refractivity contribution in [3.63, 3.8) is 0 Å². The molecule has 0 N–H and O–H groups in total. The summed E-state index contributed by atoms with van der Waals surface area (Å²) in [6.45, 7) is 7.40. The van der Waals surface area contributed by atoms with Crippen molar-refractivity contribution in [1.82, 2.24) is 9.55 Å². The Morgan fingerprint density at radius 1 is 1.20 bits per heavy atom. The largest absolute Gasteiger partial charge is 0.464 e. The molecular weight excluding hydrogens is 416 g/mol. The molecule has 5 nitrogen and oxygen atoms in total. The zero-order valence-corrected chi connectivity index (χ0v) is 18.9. The van der Waals surface area contributed by atoms with E-state index in [-0.39, 0.29) is 12.2 Å². The highest BCUT2D eigenvalue weighted by atomic mass is 32.1. The third kappa shape index (κ3) is 3.38. The van der Waals surface area contributed by atoms with Crippen LogP contribution in [0.15, 0.2) is 52.0 Å². The van der Waals surface area contributed by atoms with Crippen molar-refractivity contribution >= 4 is 38.9 Å². The summed E-state index contributed by atoms with van der Waals surface area (Å²) in [6.07, 6.45) is 0. The van der Waals surface area contributed by atoms with Crippen LogP contribution in [0.5, 0.6) is 0 Å². The lowest BCUT2D eigenvalue weighted by molar-refractivity contribution is -0.152. The average Bonchev–Trinajstić information content (AvgIpc) is 3.37. The SMILES string of the molecule is CCOC(=O)C(C)(C)n1c(-c2cccc(C)c2)nc2scc(-c3cccs3)c2c1=O. The predicted molar refractivity (Wildman–Crippen MR) is 123 cm³/mol. The molecule has 0 spiro atoms. The number of nitrogens with zero attached hydrogens (tertiary/aromatic N) is 2. The molecule has 0 radical (unpaired) electrons. The summed E-state index contributed by atoms with van der Waals surface area (Å²) in [5, 5.41) is 4.48. The Kier molecular flexibility index (Phi) is 5.34. The van der Waals surface area contributed by atoms with Gasteiger partial charge in [-0.2, -0.15) is 0 Å². The zero-order chi connectivity index (χ0) is 21.5. The number of aromatic nitrogens is 2. The first-order valence-corrected chi connectivity index (χ1v) is 11.4. The lowest BCUT2D eigenvalue weighted by atomic mass is 10.0. The van der Waals surface area contributed by atoms with Gasteiger partial charge in [-0.3, -0.25) is 9.36 Å². The van der Waals surface area contributed by atoms with E-state index in [1.165, 1.54) is 15.9 Å². The summed E-state index contributed by atoms with van der Waals surface area (Å²) in [6, 6.07) is 11.7. The van der Waals surface area contributed by atoms with E-state index in [0.29, 0.717) is 16.0 Å². The molecule has 0 saturated heterocycles. The molecule has 0 fully saturated rings. The van der Waals surface area contributed by atoms with Gasteiger partial charge >= 0.3 is 5.97 Å². The van der Waals surface area contributed by atoms with Crippen LogP contribution in [0.4, 0.5) is 0 Å². The van der Waals surface area contributed by atoms with Crippen molar-refractivity contribution in [2.45, 2.75) is 33.2 Å². The van der Waals surface area contributed by atoms with Crippen LogP contribution in [-0.2, 0) is 15.1 Å². The Morgan fingerprint density at radius 2 is 2.00 bits per heavy atom. The van der Waals surface area contributed by atoms with Crippen molar-refractivity contribution in [2.75, 3.05) is 6.61 Å². The fourth-order valence-corrected chi connectivity index (χ4v) is 5.25. The van der Waals surface area contributed by atoms with Gasteiger partial charge in [-0.15, -0.1) is 22.7 Å². The van der Waals surface area contributed by atoms with Crippen molar-refractivity contribution in [1.29, 1.82) is 0 Å². The van der Waals surface area contributed by atoms with Gasteiger partial charge in [0, 0.05) is 21.4 Å². The summed E-state index contributed by atoms with van der Waals surface area (Å²) >= 11 is 3.02. The Morgan fingerprint density at radius 3 is 2.67 bits per heavy atom. The van der Waals surface area contributed by atoms with Gasteiger partial charge in [0.2, 0.25) is 0 Å². The molecule has 3 aromatic heterocycles. The van der Waals surface area contributed by atoms with E-state index >= 15 is 0 Å². The Hall–Kier alpha value is -2.77. The van der Waals surface area contributed by atoms with Gasteiger partial charge in [-0.05, 0) is 45.2 Å². The molecule has 0 saturated carbocycles. The van der Waals surface area contributed by atoms with Gasteiger partial charge in [0.05, 0.1) is 12.0 Å². The second-order valence-corrected chi connectivity index (χ2v) is 9.34. The molecular formula is C23H22N2O3S2. The van der Waals surface area contributed by atoms with Crippen LogP contribution in [0.3, 0.4) is 0 Å². The van der Waals surface area contributed by atoms with E-state index < -0.39 is 11.5 Å². The maximum Gasteiger partial charge on any atom is 0.331 e. The number of hydrogen-bond acceptors (Lipinski definition) is 6. The standard InChI is InChI=1S/C23H22N2O3S2/c1-5-28-22(27)23(3,4)25-19(15-9-6-8-14(2)12-15)24-20-18(21(25)26)16(13-30-20)17-10-7-11-29-17/h6-13H,5H2,1-4H3. The van der Waals surface area contributed by atoms with E-state index in [0.717, 1.165) is 21.6 Å². The number of benzene rings is 1. The van der Waals surface area contributed by atoms with Crippen LogP contribution in [0.25, 0.3) is 32.0 Å². The van der Waals surface area contributed by atoms with Gasteiger partial charge < -0.3 is 4.74 Å². The molecule has 0 aliphatic rings.